The van der Waals surface area contributed by atoms with Gasteiger partial charge in [0.1, 0.15) is 0 Å². The molecule has 0 bridgehead atoms. The van der Waals surface area contributed by atoms with Crippen LogP contribution in [0.2, 0.25) is 0 Å². The van der Waals surface area contributed by atoms with Crippen molar-refractivity contribution in [3.8, 4) is 0 Å². The monoisotopic (exact) mass is 421 g/mol. The van der Waals surface area contributed by atoms with Crippen LogP contribution in [0.4, 0.5) is 11.5 Å². The number of aryl methyl sites for hydroxylation is 1. The molecule has 0 aliphatic rings. The molecule has 0 saturated carbocycles. The molecular formula is C27H27N5. The molecule has 2 aromatic heterocycles. The second kappa shape index (κ2) is 9.10. The molecule has 1 N–H and O–H groups in total. The van der Waals surface area contributed by atoms with Gasteiger partial charge < -0.3 is 4.57 Å². The van der Waals surface area contributed by atoms with Crippen molar-refractivity contribution >= 4 is 39.5 Å². The van der Waals surface area contributed by atoms with Gasteiger partial charge in [0.15, 0.2) is 5.82 Å². The number of rotatable bonds is 8. The first-order chi connectivity index (χ1) is 15.8. The van der Waals surface area contributed by atoms with Crippen molar-refractivity contribution in [3.63, 3.8) is 0 Å². The number of unbranched alkanes of at least 4 members (excludes halogenated alkanes) is 2. The summed E-state index contributed by atoms with van der Waals surface area (Å²) in [5.74, 6) is 0.751. The highest BCUT2D eigenvalue weighted by molar-refractivity contribution is 6.09. The average Bonchev–Trinajstić information content (AvgIpc) is 3.47. The summed E-state index contributed by atoms with van der Waals surface area (Å²) in [6, 6.07) is 27.3. The third kappa shape index (κ3) is 3.89. The second-order valence-electron chi connectivity index (χ2n) is 7.98. The quantitative estimate of drug-likeness (QED) is 0.169. The predicted octanol–water partition coefficient (Wildman–Crippen LogP) is 6.88. The molecule has 0 saturated heterocycles. The van der Waals surface area contributed by atoms with Crippen LogP contribution in [-0.4, -0.2) is 21.0 Å². The summed E-state index contributed by atoms with van der Waals surface area (Å²) in [7, 11) is 0. The van der Waals surface area contributed by atoms with Crippen LogP contribution in [0, 0.1) is 0 Å². The third-order valence-electron chi connectivity index (χ3n) is 5.81. The lowest BCUT2D eigenvalue weighted by atomic mass is 10.1. The second-order valence-corrected chi connectivity index (χ2v) is 7.98. The highest BCUT2D eigenvalue weighted by Crippen LogP contribution is 2.30. The van der Waals surface area contributed by atoms with Gasteiger partial charge in [-0.25, -0.2) is 5.01 Å². The van der Waals surface area contributed by atoms with E-state index in [0.717, 1.165) is 23.6 Å². The molecule has 5 heteroatoms. The molecule has 5 nitrogen and oxygen atoms in total. The van der Waals surface area contributed by atoms with Crippen LogP contribution in [0.25, 0.3) is 21.8 Å². The summed E-state index contributed by atoms with van der Waals surface area (Å²) in [4.78, 5) is 0. The Hall–Kier alpha value is -3.86. The summed E-state index contributed by atoms with van der Waals surface area (Å²) in [5, 5.41) is 16.4. The van der Waals surface area contributed by atoms with Crippen molar-refractivity contribution in [1.82, 2.24) is 14.8 Å². The van der Waals surface area contributed by atoms with Crippen LogP contribution >= 0.6 is 0 Å². The fourth-order valence-corrected chi connectivity index (χ4v) is 4.23. The smallest absolute Gasteiger partial charge is 0.175 e. The Morgan fingerprint density at radius 2 is 1.72 bits per heavy atom. The Kier molecular flexibility index (Phi) is 5.71. The largest absolute Gasteiger partial charge is 0.340 e. The Morgan fingerprint density at radius 3 is 2.53 bits per heavy atom. The normalized spacial score (nSPS) is 11.7. The molecule has 5 rings (SSSR count). The van der Waals surface area contributed by atoms with Crippen LogP contribution in [0.15, 0.2) is 90.2 Å². The van der Waals surface area contributed by atoms with Crippen molar-refractivity contribution in [2.45, 2.75) is 32.7 Å². The first-order valence-electron chi connectivity index (χ1n) is 11.2. The third-order valence-corrected chi connectivity index (χ3v) is 5.81. The average molecular weight is 422 g/mol. The van der Waals surface area contributed by atoms with Crippen molar-refractivity contribution in [2.75, 3.05) is 5.01 Å². The number of hydrogen-bond acceptors (Lipinski definition) is 3. The van der Waals surface area contributed by atoms with Crippen molar-refractivity contribution in [3.05, 3.63) is 90.6 Å². The van der Waals surface area contributed by atoms with E-state index in [1.165, 1.54) is 41.1 Å². The van der Waals surface area contributed by atoms with Gasteiger partial charge in [0.05, 0.1) is 11.9 Å². The fourth-order valence-electron chi connectivity index (χ4n) is 4.23. The summed E-state index contributed by atoms with van der Waals surface area (Å²) < 4.78 is 2.46. The number of anilines is 2. The van der Waals surface area contributed by atoms with E-state index in [1.807, 2.05) is 47.6 Å². The number of fused-ring (bicyclic) bond motifs is 3. The van der Waals surface area contributed by atoms with Gasteiger partial charge in [-0.2, -0.15) is 10.2 Å². The highest BCUT2D eigenvalue weighted by atomic mass is 15.5. The number of hydrogen-bond donors (Lipinski definition) is 1. The van der Waals surface area contributed by atoms with E-state index < -0.39 is 0 Å². The van der Waals surface area contributed by atoms with Crippen molar-refractivity contribution < 1.29 is 0 Å². The fraction of sp³-hybridized carbons (Fsp3) is 0.185. The van der Waals surface area contributed by atoms with Crippen LogP contribution in [-0.2, 0) is 6.54 Å². The van der Waals surface area contributed by atoms with Gasteiger partial charge in [-0.3, -0.25) is 5.10 Å². The molecule has 0 atom stereocenters. The standard InChI is InChI=1S/C27H27N5/c1-2-3-9-18-31-25-13-8-7-12-23(25)24-19-21(14-15-26(24)31)20-29-32(27-16-17-28-30-27)22-10-5-4-6-11-22/h4-8,10-17,19-20H,2-3,9,18H2,1H3,(H,28,30)/b29-20-. The molecule has 5 aromatic rings. The van der Waals surface area contributed by atoms with Gasteiger partial charge in [0.2, 0.25) is 0 Å². The summed E-state index contributed by atoms with van der Waals surface area (Å²) >= 11 is 0. The van der Waals surface area contributed by atoms with Crippen molar-refractivity contribution in [2.24, 2.45) is 5.10 Å². The van der Waals surface area contributed by atoms with E-state index in [4.69, 9.17) is 5.10 Å². The highest BCUT2D eigenvalue weighted by Gasteiger charge is 2.12. The van der Waals surface area contributed by atoms with Gasteiger partial charge >= 0.3 is 0 Å². The molecule has 0 spiro atoms. The number of nitrogens with one attached hydrogen (secondary N) is 1. The van der Waals surface area contributed by atoms with Gasteiger partial charge in [0, 0.05) is 40.6 Å². The molecule has 160 valence electrons. The Labute approximate surface area is 188 Å². The first kappa shape index (κ1) is 20.1. The maximum absolute atomic E-state index is 4.78. The maximum Gasteiger partial charge on any atom is 0.175 e. The lowest BCUT2D eigenvalue weighted by molar-refractivity contribution is 0.627. The Morgan fingerprint density at radius 1 is 0.906 bits per heavy atom. The number of nitrogens with zero attached hydrogens (tertiary/aromatic N) is 4. The molecule has 0 aliphatic heterocycles. The minimum absolute atomic E-state index is 0.751. The minimum Gasteiger partial charge on any atom is -0.340 e. The van der Waals surface area contributed by atoms with E-state index in [-0.39, 0.29) is 0 Å². The van der Waals surface area contributed by atoms with Gasteiger partial charge in [0.25, 0.3) is 0 Å². The predicted molar refractivity (Wildman–Crippen MR) is 134 cm³/mol. The lowest BCUT2D eigenvalue weighted by Gasteiger charge is -2.15. The zero-order valence-corrected chi connectivity index (χ0v) is 18.3. The first-order valence-corrected chi connectivity index (χ1v) is 11.2. The SMILES string of the molecule is CCCCCn1c2ccccc2c2cc(/C=N\N(c3ccccc3)c3cc[nH]n3)ccc21. The molecule has 0 fully saturated rings. The number of aromatic nitrogens is 3. The molecule has 0 amide bonds. The van der Waals surface area contributed by atoms with E-state index in [1.54, 1.807) is 6.20 Å². The molecule has 2 heterocycles. The molecule has 0 aliphatic carbocycles. The Bertz CT molecular complexity index is 1330. The van der Waals surface area contributed by atoms with Gasteiger partial charge in [-0.15, -0.1) is 0 Å². The zero-order chi connectivity index (χ0) is 21.8. The Balaban J connectivity index is 1.53. The number of aromatic amines is 1. The van der Waals surface area contributed by atoms with Crippen LogP contribution in [0.5, 0.6) is 0 Å². The zero-order valence-electron chi connectivity index (χ0n) is 18.3. The van der Waals surface area contributed by atoms with Gasteiger partial charge in [-0.1, -0.05) is 62.2 Å². The van der Waals surface area contributed by atoms with Crippen LogP contribution in [0.1, 0.15) is 31.7 Å². The van der Waals surface area contributed by atoms with E-state index in [2.05, 4.69) is 64.2 Å². The molecule has 0 radical (unpaired) electrons. The molecule has 32 heavy (non-hydrogen) atoms. The van der Waals surface area contributed by atoms with Crippen LogP contribution in [0.3, 0.4) is 0 Å². The molecular weight excluding hydrogens is 394 g/mol. The van der Waals surface area contributed by atoms with Crippen LogP contribution < -0.4 is 5.01 Å². The topological polar surface area (TPSA) is 49.2 Å². The minimum atomic E-state index is 0.751. The number of benzene rings is 3. The summed E-state index contributed by atoms with van der Waals surface area (Å²) in [6.07, 6.45) is 7.39. The summed E-state index contributed by atoms with van der Waals surface area (Å²) in [5.41, 5.74) is 4.61. The maximum atomic E-state index is 4.78. The van der Waals surface area contributed by atoms with E-state index in [0.29, 0.717) is 0 Å². The van der Waals surface area contributed by atoms with Gasteiger partial charge in [-0.05, 0) is 42.3 Å². The molecule has 3 aromatic carbocycles. The number of H-pyrrole nitrogens is 1. The van der Waals surface area contributed by atoms with Crippen molar-refractivity contribution in [1.29, 1.82) is 0 Å². The number of hydrazone groups is 1. The lowest BCUT2D eigenvalue weighted by Crippen LogP contribution is -2.09. The van der Waals surface area contributed by atoms with E-state index in [9.17, 15) is 0 Å². The van der Waals surface area contributed by atoms with E-state index >= 15 is 0 Å². The summed E-state index contributed by atoms with van der Waals surface area (Å²) in [6.45, 7) is 3.30. The molecule has 0 unspecified atom stereocenters. The number of para-hydroxylation sites is 2.